The number of hydrogen-bond donors (Lipinski definition) is 2. The van der Waals surface area contributed by atoms with Gasteiger partial charge in [0, 0.05) is 12.6 Å². The van der Waals surface area contributed by atoms with Gasteiger partial charge in [0.15, 0.2) is 5.11 Å². The van der Waals surface area contributed by atoms with Crippen molar-refractivity contribution >= 4 is 58.3 Å². The molecule has 0 bridgehead atoms. The largest absolute Gasteiger partial charge is 0.364 e. The lowest BCUT2D eigenvalue weighted by Crippen LogP contribution is -2.28. The van der Waals surface area contributed by atoms with Gasteiger partial charge in [-0.05, 0) is 24.4 Å². The van der Waals surface area contributed by atoms with Gasteiger partial charge in [-0.3, -0.25) is 5.43 Å². The van der Waals surface area contributed by atoms with Crippen LogP contribution in [-0.4, -0.2) is 18.4 Å². The first-order valence-electron chi connectivity index (χ1n) is 4.20. The van der Waals surface area contributed by atoms with E-state index < -0.39 is 0 Å². The molecule has 0 radical (unpaired) electrons. The summed E-state index contributed by atoms with van der Waals surface area (Å²) in [5, 5.41) is 8.21. The number of thiocarbonyl (C=S) groups is 1. The Balaban J connectivity index is 2.88. The molecule has 0 amide bonds. The first-order chi connectivity index (χ1) is 7.56. The van der Waals surface area contributed by atoms with E-state index in [1.165, 1.54) is 6.21 Å². The molecule has 0 heterocycles. The van der Waals surface area contributed by atoms with Crippen LogP contribution >= 0.6 is 47.0 Å². The lowest BCUT2D eigenvalue weighted by atomic mass is 10.2. The molecule has 0 aromatic heterocycles. The van der Waals surface area contributed by atoms with Crippen molar-refractivity contribution in [2.45, 2.75) is 0 Å². The van der Waals surface area contributed by atoms with Crippen molar-refractivity contribution in [2.75, 3.05) is 7.05 Å². The van der Waals surface area contributed by atoms with Crippen LogP contribution in [0.3, 0.4) is 0 Å². The minimum absolute atomic E-state index is 0.357. The molecule has 0 aliphatic rings. The van der Waals surface area contributed by atoms with Gasteiger partial charge in [-0.2, -0.15) is 5.10 Å². The van der Waals surface area contributed by atoms with E-state index in [1.807, 2.05) is 0 Å². The lowest BCUT2D eigenvalue weighted by molar-refractivity contribution is 0.982. The van der Waals surface area contributed by atoms with Gasteiger partial charge in [0.25, 0.3) is 0 Å². The normalized spacial score (nSPS) is 10.5. The SMILES string of the molecule is CNC(=S)NN=Cc1c(Cl)ccc(Cl)c1Cl. The van der Waals surface area contributed by atoms with E-state index in [0.29, 0.717) is 25.7 Å². The number of halogens is 3. The standard InChI is InChI=1S/C9H8Cl3N3S/c1-13-9(16)15-14-4-5-6(10)2-3-7(11)8(5)12/h2-4H,1H3,(H2,13,15,16). The van der Waals surface area contributed by atoms with Crippen LogP contribution in [0, 0.1) is 0 Å². The van der Waals surface area contributed by atoms with Crippen LogP contribution in [0.15, 0.2) is 17.2 Å². The Bertz CT molecular complexity index is 434. The second kappa shape index (κ2) is 6.25. The predicted molar refractivity (Wildman–Crippen MR) is 73.9 cm³/mol. The van der Waals surface area contributed by atoms with Gasteiger partial charge < -0.3 is 5.32 Å². The summed E-state index contributed by atoms with van der Waals surface area (Å²) in [7, 11) is 1.68. The highest BCUT2D eigenvalue weighted by molar-refractivity contribution is 7.80. The third-order valence-electron chi connectivity index (χ3n) is 1.67. The van der Waals surface area contributed by atoms with Crippen molar-refractivity contribution in [3.8, 4) is 0 Å². The summed E-state index contributed by atoms with van der Waals surface area (Å²) in [5.41, 5.74) is 3.13. The molecule has 2 N–H and O–H groups in total. The number of nitrogens with zero attached hydrogens (tertiary/aromatic N) is 1. The highest BCUT2D eigenvalue weighted by Gasteiger charge is 2.07. The Morgan fingerprint density at radius 3 is 2.56 bits per heavy atom. The van der Waals surface area contributed by atoms with Crippen LogP contribution < -0.4 is 10.7 Å². The molecule has 0 fully saturated rings. The fourth-order valence-corrected chi connectivity index (χ4v) is 1.56. The van der Waals surface area contributed by atoms with Crippen LogP contribution in [0.1, 0.15) is 5.56 Å². The number of benzene rings is 1. The minimum Gasteiger partial charge on any atom is -0.364 e. The van der Waals surface area contributed by atoms with Crippen LogP contribution in [0.4, 0.5) is 0 Å². The molecule has 7 heteroatoms. The zero-order chi connectivity index (χ0) is 12.1. The molecule has 1 aromatic carbocycles. The Hall–Kier alpha value is -0.550. The molecule has 0 saturated heterocycles. The maximum absolute atomic E-state index is 5.96. The molecule has 86 valence electrons. The number of rotatable bonds is 2. The highest BCUT2D eigenvalue weighted by atomic mass is 35.5. The van der Waals surface area contributed by atoms with E-state index in [4.69, 9.17) is 47.0 Å². The first kappa shape index (κ1) is 13.5. The fourth-order valence-electron chi connectivity index (χ4n) is 0.872. The predicted octanol–water partition coefficient (Wildman–Crippen LogP) is 3.07. The Labute approximate surface area is 114 Å². The maximum atomic E-state index is 5.96. The number of nitrogens with one attached hydrogen (secondary N) is 2. The topological polar surface area (TPSA) is 36.4 Å². The Kier molecular flexibility index (Phi) is 5.28. The van der Waals surface area contributed by atoms with E-state index in [-0.39, 0.29) is 0 Å². The van der Waals surface area contributed by atoms with Crippen molar-refractivity contribution in [3.63, 3.8) is 0 Å². The molecule has 0 spiro atoms. The quantitative estimate of drug-likeness (QED) is 0.381. The molecule has 0 unspecified atom stereocenters. The molecule has 1 aromatic rings. The Morgan fingerprint density at radius 1 is 1.31 bits per heavy atom. The molecule has 0 saturated carbocycles. The minimum atomic E-state index is 0.357. The van der Waals surface area contributed by atoms with Crippen LogP contribution in [0.25, 0.3) is 0 Å². The van der Waals surface area contributed by atoms with Gasteiger partial charge in [0.1, 0.15) is 0 Å². The van der Waals surface area contributed by atoms with Gasteiger partial charge in [-0.1, -0.05) is 34.8 Å². The average Bonchev–Trinajstić information content (AvgIpc) is 2.28. The lowest BCUT2D eigenvalue weighted by Gasteiger charge is -2.04. The second-order valence-corrected chi connectivity index (χ2v) is 4.31. The number of hydrogen-bond acceptors (Lipinski definition) is 2. The molecule has 1 rings (SSSR count). The van der Waals surface area contributed by atoms with E-state index >= 15 is 0 Å². The zero-order valence-electron chi connectivity index (χ0n) is 8.22. The first-order valence-corrected chi connectivity index (χ1v) is 5.74. The zero-order valence-corrected chi connectivity index (χ0v) is 11.3. The fraction of sp³-hybridized carbons (Fsp3) is 0.111. The van der Waals surface area contributed by atoms with Gasteiger partial charge in [-0.15, -0.1) is 0 Å². The molecule has 3 nitrogen and oxygen atoms in total. The molecule has 0 aliphatic heterocycles. The molecule has 0 aliphatic carbocycles. The molecule has 0 atom stereocenters. The molecule has 16 heavy (non-hydrogen) atoms. The van der Waals surface area contributed by atoms with E-state index in [0.717, 1.165) is 0 Å². The van der Waals surface area contributed by atoms with E-state index in [2.05, 4.69) is 15.8 Å². The van der Waals surface area contributed by atoms with Gasteiger partial charge in [0.2, 0.25) is 0 Å². The summed E-state index contributed by atoms with van der Waals surface area (Å²) in [6.45, 7) is 0. The van der Waals surface area contributed by atoms with Crippen LogP contribution in [-0.2, 0) is 0 Å². The summed E-state index contributed by atoms with van der Waals surface area (Å²) in [5.74, 6) is 0. The summed E-state index contributed by atoms with van der Waals surface area (Å²) in [6, 6.07) is 3.27. The van der Waals surface area contributed by atoms with Crippen molar-refractivity contribution in [1.82, 2.24) is 10.7 Å². The van der Waals surface area contributed by atoms with Gasteiger partial charge in [0.05, 0.1) is 21.3 Å². The smallest absolute Gasteiger partial charge is 0.186 e. The third kappa shape index (κ3) is 3.49. The van der Waals surface area contributed by atoms with Crippen LogP contribution in [0.2, 0.25) is 15.1 Å². The van der Waals surface area contributed by atoms with Gasteiger partial charge >= 0.3 is 0 Å². The molecular formula is C9H8Cl3N3S. The monoisotopic (exact) mass is 295 g/mol. The van der Waals surface area contributed by atoms with Crippen molar-refractivity contribution in [1.29, 1.82) is 0 Å². The van der Waals surface area contributed by atoms with E-state index in [9.17, 15) is 0 Å². The second-order valence-electron chi connectivity index (χ2n) is 2.71. The maximum Gasteiger partial charge on any atom is 0.186 e. The molecular weight excluding hydrogens is 289 g/mol. The van der Waals surface area contributed by atoms with Crippen molar-refractivity contribution in [2.24, 2.45) is 5.10 Å². The summed E-state index contributed by atoms with van der Waals surface area (Å²) < 4.78 is 0. The highest BCUT2D eigenvalue weighted by Crippen LogP contribution is 2.29. The summed E-state index contributed by atoms with van der Waals surface area (Å²) in [4.78, 5) is 0. The Morgan fingerprint density at radius 2 is 1.94 bits per heavy atom. The van der Waals surface area contributed by atoms with Gasteiger partial charge in [-0.25, -0.2) is 0 Å². The third-order valence-corrected chi connectivity index (χ3v) is 3.11. The van der Waals surface area contributed by atoms with Crippen LogP contribution in [0.5, 0.6) is 0 Å². The van der Waals surface area contributed by atoms with Crippen molar-refractivity contribution < 1.29 is 0 Å². The number of hydrazone groups is 1. The van der Waals surface area contributed by atoms with E-state index in [1.54, 1.807) is 19.2 Å². The summed E-state index contributed by atoms with van der Waals surface area (Å²) in [6.07, 6.45) is 1.46. The summed E-state index contributed by atoms with van der Waals surface area (Å²) >= 11 is 22.6. The van der Waals surface area contributed by atoms with Crippen molar-refractivity contribution in [3.05, 3.63) is 32.8 Å². The average molecular weight is 297 g/mol.